The summed E-state index contributed by atoms with van der Waals surface area (Å²) in [5, 5.41) is 3.15. The molecule has 0 aliphatic carbocycles. The number of alkyl halides is 3. The van der Waals surface area contributed by atoms with E-state index in [1.165, 1.54) is 18.4 Å². The topological polar surface area (TPSA) is 91.7 Å². The van der Waals surface area contributed by atoms with E-state index in [-0.39, 0.29) is 18.6 Å². The monoisotopic (exact) mass is 333 g/mol. The number of furan rings is 1. The fraction of sp³-hybridized carbons (Fsp3) is 0.462. The van der Waals surface area contributed by atoms with Gasteiger partial charge in [0.05, 0.1) is 12.8 Å². The first-order chi connectivity index (χ1) is 10.7. The summed E-state index contributed by atoms with van der Waals surface area (Å²) in [6, 6.07) is 1.61. The molecule has 0 bridgehead atoms. The highest BCUT2D eigenvalue weighted by molar-refractivity contribution is 6.08. The summed E-state index contributed by atoms with van der Waals surface area (Å²) >= 11 is 0. The number of halogens is 3. The molecule has 0 saturated carbocycles. The molecule has 1 fully saturated rings. The molecule has 2 N–H and O–H groups in total. The number of carbonyl (C=O) groups excluding carboxylic acids is 3. The minimum absolute atomic E-state index is 0.131. The number of imide groups is 1. The molecule has 0 radical (unpaired) electrons. The van der Waals surface area contributed by atoms with Gasteiger partial charge in [-0.05, 0) is 18.6 Å². The standard InChI is InChI=1S/C13H14F3N3O4/c1-2-4-9(20)17-12(13(14,15)16)10(21)19(11(22)18-12)7-8-5-3-6-23-8/h3,5-6H,2,4,7H2,1H3,(H,17,20)(H,18,22)/t12-/m1/s1. The van der Waals surface area contributed by atoms with Crippen LogP contribution in [0.1, 0.15) is 25.5 Å². The van der Waals surface area contributed by atoms with E-state index in [0.717, 1.165) is 0 Å². The van der Waals surface area contributed by atoms with E-state index in [1.807, 2.05) is 0 Å². The highest BCUT2D eigenvalue weighted by Crippen LogP contribution is 2.34. The Balaban J connectivity index is 2.31. The van der Waals surface area contributed by atoms with Gasteiger partial charge in [0, 0.05) is 6.42 Å². The number of nitrogens with one attached hydrogen (secondary N) is 2. The van der Waals surface area contributed by atoms with Crippen LogP contribution in [0.25, 0.3) is 0 Å². The fourth-order valence-corrected chi connectivity index (χ4v) is 2.12. The molecule has 1 aromatic heterocycles. The predicted octanol–water partition coefficient (Wildman–Crippen LogP) is 1.51. The second-order valence-corrected chi connectivity index (χ2v) is 4.95. The second-order valence-electron chi connectivity index (χ2n) is 4.95. The number of nitrogens with zero attached hydrogens (tertiary/aromatic N) is 1. The largest absolute Gasteiger partial charge is 0.467 e. The van der Waals surface area contributed by atoms with Crippen molar-refractivity contribution in [2.45, 2.75) is 38.1 Å². The van der Waals surface area contributed by atoms with Crippen LogP contribution in [0.4, 0.5) is 18.0 Å². The Morgan fingerprint density at radius 1 is 1.43 bits per heavy atom. The van der Waals surface area contributed by atoms with Crippen LogP contribution in [0.5, 0.6) is 0 Å². The van der Waals surface area contributed by atoms with Crippen molar-refractivity contribution < 1.29 is 32.0 Å². The van der Waals surface area contributed by atoms with Gasteiger partial charge >= 0.3 is 12.2 Å². The summed E-state index contributed by atoms with van der Waals surface area (Å²) in [7, 11) is 0. The van der Waals surface area contributed by atoms with Gasteiger partial charge in [0.1, 0.15) is 5.76 Å². The Kier molecular flexibility index (Phi) is 4.35. The lowest BCUT2D eigenvalue weighted by Crippen LogP contribution is -2.69. The first-order valence-corrected chi connectivity index (χ1v) is 6.75. The van der Waals surface area contributed by atoms with Crippen molar-refractivity contribution in [2.75, 3.05) is 0 Å². The van der Waals surface area contributed by atoms with Gasteiger partial charge in [-0.3, -0.25) is 19.8 Å². The Morgan fingerprint density at radius 3 is 2.65 bits per heavy atom. The highest BCUT2D eigenvalue weighted by Gasteiger charge is 2.68. The van der Waals surface area contributed by atoms with Crippen LogP contribution < -0.4 is 10.6 Å². The zero-order valence-corrected chi connectivity index (χ0v) is 12.1. The normalized spacial score (nSPS) is 21.5. The van der Waals surface area contributed by atoms with Crippen LogP contribution in [0.15, 0.2) is 22.8 Å². The summed E-state index contributed by atoms with van der Waals surface area (Å²) < 4.78 is 45.1. The van der Waals surface area contributed by atoms with Crippen molar-refractivity contribution in [3.8, 4) is 0 Å². The summed E-state index contributed by atoms with van der Waals surface area (Å²) in [6.45, 7) is 1.12. The van der Waals surface area contributed by atoms with E-state index in [2.05, 4.69) is 0 Å². The molecule has 0 spiro atoms. The van der Waals surface area contributed by atoms with Crippen LogP contribution in [0.3, 0.4) is 0 Å². The van der Waals surface area contributed by atoms with Crippen molar-refractivity contribution in [1.29, 1.82) is 0 Å². The molecular weight excluding hydrogens is 319 g/mol. The molecule has 1 aliphatic heterocycles. The van der Waals surface area contributed by atoms with Gasteiger partial charge in [0.2, 0.25) is 5.91 Å². The maximum atomic E-state index is 13.4. The van der Waals surface area contributed by atoms with Crippen molar-refractivity contribution in [3.05, 3.63) is 24.2 Å². The van der Waals surface area contributed by atoms with Crippen molar-refractivity contribution >= 4 is 17.8 Å². The Bertz CT molecular complexity index is 614. The lowest BCUT2D eigenvalue weighted by molar-refractivity contribution is -0.204. The molecule has 23 heavy (non-hydrogen) atoms. The SMILES string of the molecule is CCCC(=O)N[C@@]1(C(F)(F)F)NC(=O)N(Cc2ccco2)C1=O. The molecule has 2 rings (SSSR count). The second kappa shape index (κ2) is 5.94. The number of rotatable bonds is 5. The van der Waals surface area contributed by atoms with Gasteiger partial charge in [-0.25, -0.2) is 4.79 Å². The Labute approximate surface area is 128 Å². The van der Waals surface area contributed by atoms with E-state index in [4.69, 9.17) is 4.42 Å². The van der Waals surface area contributed by atoms with E-state index in [9.17, 15) is 27.6 Å². The maximum Gasteiger partial charge on any atom is 0.440 e. The lowest BCUT2D eigenvalue weighted by atomic mass is 10.1. The van der Waals surface area contributed by atoms with Gasteiger partial charge in [0.25, 0.3) is 11.6 Å². The zero-order valence-electron chi connectivity index (χ0n) is 12.1. The molecule has 1 aliphatic rings. The van der Waals surface area contributed by atoms with Crippen LogP contribution in [0, 0.1) is 0 Å². The third-order valence-electron chi connectivity index (χ3n) is 3.23. The maximum absolute atomic E-state index is 13.4. The fourth-order valence-electron chi connectivity index (χ4n) is 2.12. The molecule has 0 aromatic carbocycles. The zero-order chi connectivity index (χ0) is 17.3. The van der Waals surface area contributed by atoms with Gasteiger partial charge < -0.3 is 9.73 Å². The summed E-state index contributed by atoms with van der Waals surface area (Å²) in [6.07, 6.45) is -3.86. The molecule has 7 nitrogen and oxygen atoms in total. The minimum atomic E-state index is -5.19. The average molecular weight is 333 g/mol. The van der Waals surface area contributed by atoms with E-state index in [1.54, 1.807) is 17.6 Å². The van der Waals surface area contributed by atoms with Crippen molar-refractivity contribution in [2.24, 2.45) is 0 Å². The summed E-state index contributed by atoms with van der Waals surface area (Å²) in [5.41, 5.74) is -3.46. The summed E-state index contributed by atoms with van der Waals surface area (Å²) in [4.78, 5) is 36.0. The van der Waals surface area contributed by atoms with Gasteiger partial charge in [0.15, 0.2) is 0 Å². The minimum Gasteiger partial charge on any atom is -0.467 e. The molecular formula is C13H14F3N3O4. The molecule has 126 valence electrons. The highest BCUT2D eigenvalue weighted by atomic mass is 19.4. The number of urea groups is 1. The predicted molar refractivity (Wildman–Crippen MR) is 69.6 cm³/mol. The van der Waals surface area contributed by atoms with Gasteiger partial charge in [-0.15, -0.1) is 0 Å². The van der Waals surface area contributed by atoms with Crippen LogP contribution in [-0.2, 0) is 16.1 Å². The van der Waals surface area contributed by atoms with Crippen molar-refractivity contribution in [1.82, 2.24) is 15.5 Å². The van der Waals surface area contributed by atoms with Crippen LogP contribution >= 0.6 is 0 Å². The molecule has 1 saturated heterocycles. The van der Waals surface area contributed by atoms with Gasteiger partial charge in [-0.2, -0.15) is 13.2 Å². The number of amides is 4. The molecule has 2 heterocycles. The number of hydrogen-bond donors (Lipinski definition) is 2. The van der Waals surface area contributed by atoms with Crippen LogP contribution in [-0.4, -0.2) is 34.6 Å². The number of hydrogen-bond acceptors (Lipinski definition) is 4. The third-order valence-corrected chi connectivity index (χ3v) is 3.23. The molecule has 1 aromatic rings. The van der Waals surface area contributed by atoms with E-state index in [0.29, 0.717) is 4.90 Å². The number of carbonyl (C=O) groups is 3. The lowest BCUT2D eigenvalue weighted by Gasteiger charge is -2.29. The summed E-state index contributed by atoms with van der Waals surface area (Å²) in [5.74, 6) is -2.46. The van der Waals surface area contributed by atoms with Crippen LogP contribution in [0.2, 0.25) is 0 Å². The third kappa shape index (κ3) is 3.01. The first kappa shape index (κ1) is 16.8. The molecule has 1 atom stereocenters. The quantitative estimate of drug-likeness (QED) is 0.799. The molecule has 4 amide bonds. The average Bonchev–Trinajstić information content (AvgIpc) is 3.02. The van der Waals surface area contributed by atoms with E-state index < -0.39 is 36.2 Å². The van der Waals surface area contributed by atoms with E-state index >= 15 is 0 Å². The Morgan fingerprint density at radius 2 is 2.13 bits per heavy atom. The smallest absolute Gasteiger partial charge is 0.440 e. The Hall–Kier alpha value is -2.52. The molecule has 0 unspecified atom stereocenters. The first-order valence-electron chi connectivity index (χ1n) is 6.75. The van der Waals surface area contributed by atoms with Crippen molar-refractivity contribution in [3.63, 3.8) is 0 Å². The molecule has 10 heteroatoms. The van der Waals surface area contributed by atoms with Gasteiger partial charge in [-0.1, -0.05) is 6.92 Å².